The van der Waals surface area contributed by atoms with Crippen molar-refractivity contribution in [2.45, 2.75) is 38.5 Å². The molecule has 0 aromatic heterocycles. The molecule has 6 heterocycles. The van der Waals surface area contributed by atoms with Crippen LogP contribution in [0.1, 0.15) is 166 Å². The van der Waals surface area contributed by atoms with Gasteiger partial charge in [0.25, 0.3) is 0 Å². The summed E-state index contributed by atoms with van der Waals surface area (Å²) in [6.45, 7) is 0. The molecule has 0 spiro atoms. The second-order valence-electron chi connectivity index (χ2n) is 25.1. The number of hydrogen-bond acceptors (Lipinski definition) is 22. The SMILES string of the molecule is O=C([O-])c1cccc(C#Cc2cc(C(=O)[O-])cc3c2=C2CCC4=c5c(C#Cc6cc(C(=O)[O-])cc7c6=C6CCC8=c9c(C#Cc%10cc(C(=O)[O-])cc%11c%10=C%10CCC%12=c%13c(C#Cc%14cccc(C(=O)[O-])c%14)cc(C(=O)[O-])cc%13=NC%12=C%10N=%11)cc(C(=O)[O-])cc9=NC8=C6N=7)cc(C(=O)[O-])cc5=NC4=C2N=3)c1.[Na+].[Na+].[Na+].[Na+].[Na+].[Na+].[Na+].[Na+]. The number of aromatic carboxylic acids is 8. The Morgan fingerprint density at radius 2 is 0.393 bits per heavy atom. The van der Waals surface area contributed by atoms with Crippen molar-refractivity contribution in [2.75, 3.05) is 0 Å². The third kappa shape index (κ3) is 15.9. The van der Waals surface area contributed by atoms with E-state index in [-0.39, 0.29) is 359 Å². The second kappa shape index (κ2) is 35.2. The molecule has 8 aromatic carbocycles. The van der Waals surface area contributed by atoms with Crippen molar-refractivity contribution in [1.82, 2.24) is 0 Å². The van der Waals surface area contributed by atoms with E-state index in [1.807, 2.05) is 0 Å². The third-order valence-electron chi connectivity index (χ3n) is 19.1. The largest absolute Gasteiger partial charge is 1.00 e. The first kappa shape index (κ1) is 88.9. The van der Waals surface area contributed by atoms with Crippen molar-refractivity contribution in [1.29, 1.82) is 0 Å². The van der Waals surface area contributed by atoms with E-state index in [4.69, 9.17) is 30.0 Å². The summed E-state index contributed by atoms with van der Waals surface area (Å²) >= 11 is 0. The van der Waals surface area contributed by atoms with Gasteiger partial charge in [-0.15, -0.1) is 0 Å². The Kier molecular flexibility index (Phi) is 28.0. The Labute approximate surface area is 808 Å². The van der Waals surface area contributed by atoms with Gasteiger partial charge >= 0.3 is 236 Å². The number of carboxylic acid groups (broad SMARTS) is 8. The summed E-state index contributed by atoms with van der Waals surface area (Å²) in [5, 5.41) is 103. The van der Waals surface area contributed by atoms with Crippen LogP contribution < -0.4 is 341 Å². The van der Waals surface area contributed by atoms with Crippen LogP contribution in [0, 0.1) is 47.4 Å². The van der Waals surface area contributed by atoms with Gasteiger partial charge in [0.15, 0.2) is 0 Å². The Hall–Kier alpha value is -7.00. The number of carbonyl (C=O) groups excluding carboxylic acids is 8. The molecule has 0 saturated heterocycles. The van der Waals surface area contributed by atoms with Crippen molar-refractivity contribution in [2.24, 2.45) is 30.0 Å². The number of carbonyl (C=O) groups is 8. The van der Waals surface area contributed by atoms with Crippen molar-refractivity contribution < 1.29 is 316 Å². The maximum absolute atomic E-state index is 12.8. The van der Waals surface area contributed by atoms with Crippen molar-refractivity contribution >= 4 is 81.2 Å². The average molecular weight is 1540 g/mol. The number of allylic oxidation sites excluding steroid dienone is 6. The molecule has 494 valence electrons. The van der Waals surface area contributed by atoms with Crippen LogP contribution in [-0.2, 0) is 0 Å². The first-order valence-corrected chi connectivity index (χ1v) is 31.9. The monoisotopic (exact) mass is 1540 g/mol. The zero-order valence-electron chi connectivity index (χ0n) is 61.0. The second-order valence-corrected chi connectivity index (χ2v) is 25.1. The van der Waals surface area contributed by atoms with Gasteiger partial charge in [-0.05, 0) is 180 Å². The van der Waals surface area contributed by atoms with Gasteiger partial charge in [0, 0.05) is 109 Å². The Bertz CT molecular complexity index is 6700. The van der Waals surface area contributed by atoms with Crippen LogP contribution in [0.3, 0.4) is 0 Å². The van der Waals surface area contributed by atoms with Crippen molar-refractivity contribution in [3.63, 3.8) is 0 Å². The summed E-state index contributed by atoms with van der Waals surface area (Å²) in [6.07, 6.45) is 1.77. The van der Waals surface area contributed by atoms with Crippen LogP contribution in [0.5, 0.6) is 0 Å². The fraction of sp³-hybridized carbons (Fsp3) is 0.0732. The minimum absolute atomic E-state index is 0. The van der Waals surface area contributed by atoms with Crippen molar-refractivity contribution in [3.05, 3.63) is 308 Å². The van der Waals surface area contributed by atoms with Gasteiger partial charge in [-0.3, -0.25) is 0 Å². The molecular formula is C82H32N6Na8O16. The number of nitrogens with zero attached hydrogens (tertiary/aromatic N) is 6. The quantitative estimate of drug-likeness (QED) is 0.101. The van der Waals surface area contributed by atoms with Gasteiger partial charge in [0.1, 0.15) is 0 Å². The fourth-order valence-electron chi connectivity index (χ4n) is 14.7. The summed E-state index contributed by atoms with van der Waals surface area (Å²) in [4.78, 5) is 128. The molecule has 22 nitrogen and oxygen atoms in total. The van der Waals surface area contributed by atoms with E-state index in [0.29, 0.717) is 136 Å². The molecule has 0 atom stereocenters. The van der Waals surface area contributed by atoms with Gasteiger partial charge in [-0.25, -0.2) is 30.0 Å². The number of carboxylic acids is 8. The van der Waals surface area contributed by atoms with Crippen LogP contribution in [-0.4, -0.2) is 47.8 Å². The molecule has 0 amide bonds. The molecule has 0 N–H and O–H groups in total. The van der Waals surface area contributed by atoms with E-state index < -0.39 is 47.8 Å². The standard InChI is InChI=1S/C82H40N6O16.8Na/c89-75(90)43-5-1-3-35(21-43)7-9-37-23-45(77(93)94)29-57-63(37)51-15-17-53-65-39(25-47(79(97)98)31-59(65)85-71(53)69(51)83-57)11-13-41-27-49(81(101)102)33-61-67(41)55-19-20-56-68-42(28-50(82(103)104)34-62(68)88-74(56)73(55)87-61)14-12-40-26-48(80(99)100)32-60-66(40)54-18-16-52-64-38(10-8-36-4-2-6-44(22-36)76(91)92)24-46(78(95)96)30-58(64)84-70(52)72(54)86-60;;;;;;;;/h1-6,21-34H,15-20H2,(H,89,90)(H,91,92)(H,93,94)(H,95,96)(H,97,98)(H,99,100)(H,101,102)(H,103,104);;;;;;;;/q;8*+1/p-8. The van der Waals surface area contributed by atoms with E-state index in [2.05, 4.69) is 47.4 Å². The molecule has 6 aliphatic heterocycles. The van der Waals surface area contributed by atoms with E-state index in [1.54, 1.807) is 12.1 Å². The molecule has 0 saturated carbocycles. The van der Waals surface area contributed by atoms with E-state index in [9.17, 15) is 79.2 Å². The minimum atomic E-state index is -1.56. The summed E-state index contributed by atoms with van der Waals surface area (Å²) in [5.74, 6) is 12.3. The van der Waals surface area contributed by atoms with Gasteiger partial charge < -0.3 is 79.2 Å². The molecule has 112 heavy (non-hydrogen) atoms. The predicted octanol–water partition coefficient (Wildman–Crippen LogP) is -32.0. The minimum Gasteiger partial charge on any atom is -0.545 e. The maximum atomic E-state index is 12.8. The smallest absolute Gasteiger partial charge is 0.545 e. The Balaban J connectivity index is 0.00000180. The molecule has 30 heteroatoms. The van der Waals surface area contributed by atoms with Crippen molar-refractivity contribution in [3.8, 4) is 47.4 Å². The van der Waals surface area contributed by atoms with Crippen LogP contribution in [0.4, 0.5) is 0 Å². The van der Waals surface area contributed by atoms with Gasteiger partial charge in [0.05, 0.1) is 114 Å². The summed E-state index contributed by atoms with van der Waals surface area (Å²) < 4.78 is 0. The average Bonchev–Trinajstić information content (AvgIpc) is 1.57. The van der Waals surface area contributed by atoms with Gasteiger partial charge in [0.2, 0.25) is 0 Å². The molecule has 0 unspecified atom stereocenters. The summed E-state index contributed by atoms with van der Waals surface area (Å²) in [5.41, 5.74) is 5.98. The molecule has 0 bridgehead atoms. The molecular weight excluding hydrogens is 1510 g/mol. The normalized spacial score (nSPS) is 13.8. The number of hydrogen-bond donors (Lipinski definition) is 0. The predicted molar refractivity (Wildman–Crippen MR) is 344 cm³/mol. The van der Waals surface area contributed by atoms with Gasteiger partial charge in [-0.2, -0.15) is 0 Å². The van der Waals surface area contributed by atoms with E-state index in [0.717, 1.165) is 0 Å². The number of fused-ring (bicyclic) bond motifs is 12. The van der Waals surface area contributed by atoms with E-state index in [1.165, 1.54) is 109 Å². The first-order chi connectivity index (χ1) is 50.1. The molecule has 8 aromatic rings. The van der Waals surface area contributed by atoms with Crippen LogP contribution in [0.15, 0.2) is 185 Å². The Morgan fingerprint density at radius 3 is 0.562 bits per heavy atom. The Morgan fingerprint density at radius 1 is 0.223 bits per heavy atom. The summed E-state index contributed by atoms with van der Waals surface area (Å²) in [7, 11) is 0. The zero-order valence-corrected chi connectivity index (χ0v) is 77.0. The first-order valence-electron chi connectivity index (χ1n) is 31.9. The molecule has 9 aliphatic rings. The van der Waals surface area contributed by atoms with Gasteiger partial charge in [-0.1, -0.05) is 71.6 Å². The maximum Gasteiger partial charge on any atom is 1.00 e. The van der Waals surface area contributed by atoms with Crippen LogP contribution in [0.2, 0.25) is 0 Å². The molecule has 17 rings (SSSR count). The zero-order chi connectivity index (χ0) is 72.0. The van der Waals surface area contributed by atoms with Crippen LogP contribution in [0.25, 0.3) is 33.4 Å². The molecule has 0 radical (unpaired) electrons. The third-order valence-corrected chi connectivity index (χ3v) is 19.1. The van der Waals surface area contributed by atoms with Crippen LogP contribution >= 0.6 is 0 Å². The summed E-state index contributed by atoms with van der Waals surface area (Å²) in [6, 6.07) is 27.5. The molecule has 0 fully saturated rings. The molecule has 3 aliphatic carbocycles. The number of benzene rings is 8. The fourth-order valence-corrected chi connectivity index (χ4v) is 14.7. The topological polar surface area (TPSA) is 395 Å². The number of rotatable bonds is 8. The van der Waals surface area contributed by atoms with E-state index >= 15 is 0 Å².